The molecule has 5 aliphatic rings. The summed E-state index contributed by atoms with van der Waals surface area (Å²) in [6.45, 7) is 16.4. The molecule has 11 nitrogen and oxygen atoms in total. The maximum atomic E-state index is 15.3. The van der Waals surface area contributed by atoms with Crippen LogP contribution in [0.5, 0.6) is 0 Å². The van der Waals surface area contributed by atoms with Crippen LogP contribution in [0.1, 0.15) is 135 Å². The lowest BCUT2D eigenvalue weighted by atomic mass is 9.33. The fourth-order valence-corrected chi connectivity index (χ4v) is 13.4. The topological polar surface area (TPSA) is 151 Å². The van der Waals surface area contributed by atoms with Crippen LogP contribution in [0.15, 0.2) is 85.9 Å². The molecule has 10 atom stereocenters. The molecule has 4 saturated carbocycles. The minimum Gasteiger partial charge on any atom is -0.457 e. The Labute approximate surface area is 364 Å². The first-order valence-corrected chi connectivity index (χ1v) is 22.6. The highest BCUT2D eigenvalue weighted by Gasteiger charge is 2.72. The number of hydrogen-bond acceptors (Lipinski definition) is 10. The Hall–Kier alpha value is -4.93. The normalized spacial score (nSPS) is 36.2. The van der Waals surface area contributed by atoms with Gasteiger partial charge in [-0.3, -0.25) is 14.4 Å². The average Bonchev–Trinajstić information content (AvgIpc) is 3.57. The van der Waals surface area contributed by atoms with Crippen molar-refractivity contribution >= 4 is 23.8 Å². The zero-order chi connectivity index (χ0) is 44.5. The highest BCUT2D eigenvalue weighted by molar-refractivity contribution is 5.96. The van der Waals surface area contributed by atoms with Crippen LogP contribution in [0.2, 0.25) is 0 Å². The Morgan fingerprint density at radius 3 is 2.06 bits per heavy atom. The van der Waals surface area contributed by atoms with Crippen LogP contribution in [0.3, 0.4) is 0 Å². The van der Waals surface area contributed by atoms with Crippen LogP contribution in [-0.4, -0.2) is 36.5 Å². The summed E-state index contributed by atoms with van der Waals surface area (Å²) >= 11 is 0. The van der Waals surface area contributed by atoms with Gasteiger partial charge in [0.05, 0.1) is 5.41 Å². The van der Waals surface area contributed by atoms with E-state index in [2.05, 4.69) is 39.9 Å². The highest BCUT2D eigenvalue weighted by atomic mass is 16.6. The molecule has 62 heavy (non-hydrogen) atoms. The van der Waals surface area contributed by atoms with Crippen molar-refractivity contribution in [3.8, 4) is 0 Å². The van der Waals surface area contributed by atoms with Crippen molar-refractivity contribution in [2.24, 2.45) is 50.2 Å². The number of esters is 2. The summed E-state index contributed by atoms with van der Waals surface area (Å²) in [7, 11) is 0. The number of rotatable bonds is 9. The number of benzene rings is 2. The molecule has 0 radical (unpaired) electrons. The summed E-state index contributed by atoms with van der Waals surface area (Å²) in [5.41, 5.74) is -0.656. The van der Waals surface area contributed by atoms with Crippen LogP contribution in [-0.2, 0) is 35.2 Å². The summed E-state index contributed by atoms with van der Waals surface area (Å²) < 4.78 is 28.7. The lowest BCUT2D eigenvalue weighted by molar-refractivity contribution is -0.218. The van der Waals surface area contributed by atoms with Gasteiger partial charge in [0.1, 0.15) is 11.5 Å². The van der Waals surface area contributed by atoms with Crippen LogP contribution in [0.25, 0.3) is 0 Å². The van der Waals surface area contributed by atoms with E-state index >= 15 is 4.79 Å². The molecule has 1 N–H and O–H groups in total. The summed E-state index contributed by atoms with van der Waals surface area (Å²) in [4.78, 5) is 69.3. The number of ether oxygens (including phenoxy) is 3. The Kier molecular flexibility index (Phi) is 11.1. The molecule has 1 aromatic heterocycles. The van der Waals surface area contributed by atoms with E-state index in [9.17, 15) is 19.2 Å². The van der Waals surface area contributed by atoms with Gasteiger partial charge in [-0.15, -0.1) is 0 Å². The molecule has 3 aromatic rings. The van der Waals surface area contributed by atoms with E-state index in [-0.39, 0.29) is 52.5 Å². The zero-order valence-electron chi connectivity index (χ0n) is 37.6. The molecular formula is C51H63NO10. The second-order valence-electron chi connectivity index (χ2n) is 20.6. The highest BCUT2D eigenvalue weighted by Crippen LogP contribution is 2.75. The molecule has 11 heteroatoms. The molecule has 2 aromatic carbocycles. The minimum atomic E-state index is -1.32. The molecule has 332 valence electrons. The minimum absolute atomic E-state index is 0.000378. The lowest BCUT2D eigenvalue weighted by Crippen LogP contribution is -2.68. The third kappa shape index (κ3) is 6.87. The van der Waals surface area contributed by atoms with Gasteiger partial charge in [-0.2, -0.15) is 0 Å². The van der Waals surface area contributed by atoms with Gasteiger partial charge in [-0.05, 0) is 136 Å². The molecule has 0 aliphatic heterocycles. The number of nitrogens with one attached hydrogen (secondary N) is 1. The van der Waals surface area contributed by atoms with Crippen molar-refractivity contribution in [1.29, 1.82) is 0 Å². The number of alkyl carbamates (subject to hydrolysis) is 1. The van der Waals surface area contributed by atoms with Crippen molar-refractivity contribution < 1.29 is 42.2 Å². The number of hydrogen-bond donors (Lipinski definition) is 1. The number of allylic oxidation sites excluding steroid dienone is 2. The van der Waals surface area contributed by atoms with E-state index in [0.717, 1.165) is 36.0 Å². The quantitative estimate of drug-likeness (QED) is 0.163. The van der Waals surface area contributed by atoms with Crippen molar-refractivity contribution in [3.05, 3.63) is 106 Å². The van der Waals surface area contributed by atoms with E-state index in [1.54, 1.807) is 13.8 Å². The molecule has 1 heterocycles. The fourth-order valence-electron chi connectivity index (χ4n) is 13.4. The molecule has 0 saturated heterocycles. The first kappa shape index (κ1) is 43.7. The summed E-state index contributed by atoms with van der Waals surface area (Å²) in [6.07, 6.45) is 6.20. The van der Waals surface area contributed by atoms with Crippen LogP contribution in [0.4, 0.5) is 4.79 Å². The van der Waals surface area contributed by atoms with Gasteiger partial charge >= 0.3 is 23.9 Å². The number of carbonyl (C=O) groups is 4. The maximum Gasteiger partial charge on any atom is 0.519 e. The maximum absolute atomic E-state index is 15.3. The smallest absolute Gasteiger partial charge is 0.457 e. The Bertz CT molecular complexity index is 2280. The Morgan fingerprint density at radius 1 is 0.806 bits per heavy atom. The van der Waals surface area contributed by atoms with Crippen LogP contribution in [0, 0.1) is 57.2 Å². The van der Waals surface area contributed by atoms with E-state index in [4.69, 9.17) is 23.0 Å². The van der Waals surface area contributed by atoms with E-state index in [0.29, 0.717) is 45.1 Å². The van der Waals surface area contributed by atoms with Crippen LogP contribution < -0.4 is 11.1 Å². The summed E-state index contributed by atoms with van der Waals surface area (Å²) in [5, 5.41) is 2.71. The molecule has 8 rings (SSSR count). The molecular weight excluding hydrogens is 787 g/mol. The summed E-state index contributed by atoms with van der Waals surface area (Å²) in [5.74, 6) is -2.08. The fraction of sp³-hybridized carbons (Fsp3) is 0.588. The summed E-state index contributed by atoms with van der Waals surface area (Å²) in [6, 6.07) is 19.8. The first-order valence-electron chi connectivity index (χ1n) is 22.6. The monoisotopic (exact) mass is 849 g/mol. The molecule has 1 amide bonds. The zero-order valence-corrected chi connectivity index (χ0v) is 37.6. The SMILES string of the molecule is CCNC(=O)O[C@H]1CC[C@@]2(C)[C@@H](CC[C@]3(C)[C@@H]2C(=O)C=C2[C@@H]4C[C@@](C)(C(=O)OC(c5ccccc5)c5ccccc5)CC[C@]4(C)CC[C@]23C)[C@]1(C)C(=O)OCc1oc(=O)oc1C. The Morgan fingerprint density at radius 2 is 1.45 bits per heavy atom. The van der Waals surface area contributed by atoms with Gasteiger partial charge in [0.2, 0.25) is 0 Å². The van der Waals surface area contributed by atoms with Crippen molar-refractivity contribution in [3.63, 3.8) is 0 Å². The van der Waals surface area contributed by atoms with Gasteiger partial charge in [0, 0.05) is 12.5 Å². The first-order chi connectivity index (χ1) is 29.3. The number of fused-ring (bicyclic) bond motifs is 7. The molecule has 5 aliphatic carbocycles. The van der Waals surface area contributed by atoms with Gasteiger partial charge in [-0.25, -0.2) is 9.59 Å². The van der Waals surface area contributed by atoms with E-state index < -0.39 is 57.7 Å². The van der Waals surface area contributed by atoms with Gasteiger partial charge in [-0.1, -0.05) is 93.9 Å². The van der Waals surface area contributed by atoms with E-state index in [1.165, 1.54) is 0 Å². The third-order valence-electron chi connectivity index (χ3n) is 17.3. The molecule has 0 spiro atoms. The van der Waals surface area contributed by atoms with Crippen molar-refractivity contribution in [2.75, 3.05) is 6.54 Å². The lowest BCUT2D eigenvalue weighted by Gasteiger charge is -2.70. The van der Waals surface area contributed by atoms with Crippen molar-refractivity contribution in [2.45, 2.75) is 132 Å². The predicted octanol–water partition coefficient (Wildman–Crippen LogP) is 9.99. The van der Waals surface area contributed by atoms with Gasteiger partial charge < -0.3 is 28.4 Å². The predicted molar refractivity (Wildman–Crippen MR) is 230 cm³/mol. The van der Waals surface area contributed by atoms with E-state index in [1.807, 2.05) is 73.7 Å². The number of ketones is 1. The van der Waals surface area contributed by atoms with Crippen LogP contribution >= 0.6 is 0 Å². The van der Waals surface area contributed by atoms with Gasteiger partial charge in [0.15, 0.2) is 30.0 Å². The Balaban J connectivity index is 1.11. The van der Waals surface area contributed by atoms with Gasteiger partial charge in [0.25, 0.3) is 0 Å². The number of aryl methyl sites for hydroxylation is 1. The standard InChI is InChI=1S/C51H63NO10/c1-9-52-44(56)61-39-21-22-48(5)38(51(39,8)43(55)58-30-37-31(2)59-45(57)60-37)20-23-50(7)41(48)36(53)28-34-35-29-47(4,25-24-46(35,3)26-27-49(34,50)6)42(54)62-40(32-16-12-10-13-17-32)33-18-14-11-15-19-33/h10-19,28,35,38-41H,9,20-27,29-30H2,1-8H3,(H,52,56)/t35-,38+,39-,41+,46+,47-,48-,49+,50+,51-/m0/s1. The second kappa shape index (κ2) is 15.7. The third-order valence-corrected chi connectivity index (χ3v) is 17.3. The average molecular weight is 850 g/mol. The molecule has 4 fully saturated rings. The largest absolute Gasteiger partial charge is 0.519 e. The number of amides is 1. The second-order valence-corrected chi connectivity index (χ2v) is 20.6. The molecule has 0 unspecified atom stereocenters. The molecule has 0 bridgehead atoms. The number of carbonyl (C=O) groups excluding carboxylic acids is 4. The van der Waals surface area contributed by atoms with Crippen molar-refractivity contribution in [1.82, 2.24) is 5.32 Å².